The van der Waals surface area contributed by atoms with E-state index in [1.165, 1.54) is 0 Å². The van der Waals surface area contributed by atoms with Crippen LogP contribution in [0, 0.1) is 11.3 Å². The Morgan fingerprint density at radius 1 is 1.50 bits per heavy atom. The monoisotopic (exact) mass is 188 g/mol. The third kappa shape index (κ3) is 3.33. The highest BCUT2D eigenvalue weighted by Crippen LogP contribution is 1.99. The van der Waals surface area contributed by atoms with Gasteiger partial charge in [-0.25, -0.2) is 9.97 Å². The topological polar surface area (TPSA) is 61.6 Å². The zero-order chi connectivity index (χ0) is 10.2. The summed E-state index contributed by atoms with van der Waals surface area (Å²) in [6.45, 7) is 0.952. The van der Waals surface area contributed by atoms with Gasteiger partial charge < -0.3 is 5.32 Å². The highest BCUT2D eigenvalue weighted by atomic mass is 14.9. The predicted octanol–water partition coefficient (Wildman–Crippen LogP) is 0.971. The maximum absolute atomic E-state index is 8.47. The first kappa shape index (κ1) is 10.4. The molecule has 0 radical (unpaired) electrons. The Kier molecular flexibility index (Phi) is 4.32. The van der Waals surface area contributed by atoms with E-state index in [9.17, 15) is 0 Å². The number of hydrogen-bond donors (Lipinski definition) is 1. The first-order chi connectivity index (χ1) is 6.86. The van der Waals surface area contributed by atoms with Crippen LogP contribution in [-0.4, -0.2) is 23.6 Å². The molecule has 1 aromatic heterocycles. The van der Waals surface area contributed by atoms with Crippen LogP contribution in [0.2, 0.25) is 0 Å². The summed E-state index contributed by atoms with van der Waals surface area (Å²) in [4.78, 5) is 7.71. The third-order valence-corrected chi connectivity index (χ3v) is 1.64. The SMILES string of the molecule is CNCCC=Cc1cnc(C#N)nc1. The maximum Gasteiger partial charge on any atom is 0.232 e. The summed E-state index contributed by atoms with van der Waals surface area (Å²) in [5.74, 6) is 0.206. The van der Waals surface area contributed by atoms with Crippen molar-refractivity contribution in [2.24, 2.45) is 0 Å². The highest BCUT2D eigenvalue weighted by Gasteiger charge is 1.91. The van der Waals surface area contributed by atoms with Gasteiger partial charge in [-0.3, -0.25) is 0 Å². The average Bonchev–Trinajstić information content (AvgIpc) is 2.25. The first-order valence-electron chi connectivity index (χ1n) is 4.40. The van der Waals surface area contributed by atoms with Crippen molar-refractivity contribution < 1.29 is 0 Å². The summed E-state index contributed by atoms with van der Waals surface area (Å²) < 4.78 is 0. The second-order valence-corrected chi connectivity index (χ2v) is 2.75. The van der Waals surface area contributed by atoms with Crippen molar-refractivity contribution in [3.63, 3.8) is 0 Å². The van der Waals surface area contributed by atoms with Gasteiger partial charge in [0, 0.05) is 18.0 Å². The van der Waals surface area contributed by atoms with E-state index >= 15 is 0 Å². The molecule has 0 atom stereocenters. The van der Waals surface area contributed by atoms with E-state index in [4.69, 9.17) is 5.26 Å². The molecule has 0 bridgehead atoms. The summed E-state index contributed by atoms with van der Waals surface area (Å²) in [6, 6.07) is 1.87. The molecule has 0 aromatic carbocycles. The van der Waals surface area contributed by atoms with Crippen molar-refractivity contribution in [1.82, 2.24) is 15.3 Å². The molecule has 0 aliphatic carbocycles. The van der Waals surface area contributed by atoms with Crippen LogP contribution in [-0.2, 0) is 0 Å². The minimum atomic E-state index is 0.206. The predicted molar refractivity (Wildman–Crippen MR) is 54.3 cm³/mol. The fraction of sp³-hybridized carbons (Fsp3) is 0.300. The van der Waals surface area contributed by atoms with E-state index in [0.29, 0.717) is 0 Å². The van der Waals surface area contributed by atoms with Gasteiger partial charge in [-0.1, -0.05) is 12.2 Å². The first-order valence-corrected chi connectivity index (χ1v) is 4.40. The van der Waals surface area contributed by atoms with Crippen molar-refractivity contribution in [2.45, 2.75) is 6.42 Å². The van der Waals surface area contributed by atoms with Crippen LogP contribution in [0.3, 0.4) is 0 Å². The Labute approximate surface area is 83.3 Å². The molecule has 0 aliphatic rings. The molecule has 0 saturated carbocycles. The lowest BCUT2D eigenvalue weighted by atomic mass is 10.3. The van der Waals surface area contributed by atoms with Gasteiger partial charge in [0.05, 0.1) is 0 Å². The molecule has 14 heavy (non-hydrogen) atoms. The minimum Gasteiger partial charge on any atom is -0.319 e. The Hall–Kier alpha value is -1.73. The van der Waals surface area contributed by atoms with Crippen molar-refractivity contribution in [1.29, 1.82) is 5.26 Å². The van der Waals surface area contributed by atoms with Gasteiger partial charge in [0.1, 0.15) is 6.07 Å². The molecule has 1 N–H and O–H groups in total. The van der Waals surface area contributed by atoms with Crippen LogP contribution in [0.5, 0.6) is 0 Å². The number of aromatic nitrogens is 2. The molecule has 1 aromatic rings. The second kappa shape index (κ2) is 5.84. The normalized spacial score (nSPS) is 10.3. The number of nitriles is 1. The zero-order valence-corrected chi connectivity index (χ0v) is 8.07. The van der Waals surface area contributed by atoms with E-state index in [2.05, 4.69) is 15.3 Å². The summed E-state index contributed by atoms with van der Waals surface area (Å²) in [5, 5.41) is 11.5. The fourth-order valence-electron chi connectivity index (χ4n) is 0.929. The van der Waals surface area contributed by atoms with Crippen LogP contribution >= 0.6 is 0 Å². The molecular weight excluding hydrogens is 176 g/mol. The average molecular weight is 188 g/mol. The Bertz CT molecular complexity index is 334. The smallest absolute Gasteiger partial charge is 0.232 e. The van der Waals surface area contributed by atoms with Gasteiger partial charge in [-0.15, -0.1) is 0 Å². The molecule has 0 spiro atoms. The van der Waals surface area contributed by atoms with Crippen molar-refractivity contribution in [2.75, 3.05) is 13.6 Å². The molecule has 0 unspecified atom stereocenters. The van der Waals surface area contributed by atoms with Gasteiger partial charge in [0.15, 0.2) is 0 Å². The summed E-state index contributed by atoms with van der Waals surface area (Å²) >= 11 is 0. The van der Waals surface area contributed by atoms with E-state index in [-0.39, 0.29) is 5.82 Å². The number of rotatable bonds is 4. The number of nitrogens with one attached hydrogen (secondary N) is 1. The summed E-state index contributed by atoms with van der Waals surface area (Å²) in [5.41, 5.74) is 0.917. The van der Waals surface area contributed by atoms with E-state index < -0.39 is 0 Å². The third-order valence-electron chi connectivity index (χ3n) is 1.64. The Morgan fingerprint density at radius 3 is 2.79 bits per heavy atom. The standard InChI is InChI=1S/C10H12N4/c1-12-5-3-2-4-9-7-13-10(6-11)14-8-9/h2,4,7-8,12H,3,5H2,1H3. The van der Waals surface area contributed by atoms with Gasteiger partial charge in [-0.2, -0.15) is 5.26 Å². The minimum absolute atomic E-state index is 0.206. The van der Waals surface area contributed by atoms with Crippen molar-refractivity contribution >= 4 is 6.08 Å². The lowest BCUT2D eigenvalue weighted by molar-refractivity contribution is 0.809. The maximum atomic E-state index is 8.47. The lowest BCUT2D eigenvalue weighted by Crippen LogP contribution is -2.05. The quantitative estimate of drug-likeness (QED) is 0.715. The molecule has 4 nitrogen and oxygen atoms in total. The molecule has 72 valence electrons. The van der Waals surface area contributed by atoms with E-state index in [1.807, 2.05) is 25.3 Å². The second-order valence-electron chi connectivity index (χ2n) is 2.75. The van der Waals surface area contributed by atoms with Gasteiger partial charge in [0.2, 0.25) is 5.82 Å². The molecule has 4 heteroatoms. The Morgan fingerprint density at radius 2 is 2.21 bits per heavy atom. The van der Waals surface area contributed by atoms with Crippen LogP contribution in [0.4, 0.5) is 0 Å². The molecule has 0 amide bonds. The van der Waals surface area contributed by atoms with Gasteiger partial charge in [-0.05, 0) is 20.0 Å². The highest BCUT2D eigenvalue weighted by molar-refractivity contribution is 5.46. The fourth-order valence-corrected chi connectivity index (χ4v) is 0.929. The van der Waals surface area contributed by atoms with Crippen LogP contribution in [0.25, 0.3) is 6.08 Å². The van der Waals surface area contributed by atoms with Crippen LogP contribution < -0.4 is 5.32 Å². The zero-order valence-electron chi connectivity index (χ0n) is 8.07. The van der Waals surface area contributed by atoms with Gasteiger partial charge in [0.25, 0.3) is 0 Å². The van der Waals surface area contributed by atoms with Crippen molar-refractivity contribution in [3.8, 4) is 6.07 Å². The van der Waals surface area contributed by atoms with Crippen molar-refractivity contribution in [3.05, 3.63) is 29.9 Å². The van der Waals surface area contributed by atoms with Crippen LogP contribution in [0.15, 0.2) is 18.5 Å². The largest absolute Gasteiger partial charge is 0.319 e. The van der Waals surface area contributed by atoms with Crippen LogP contribution in [0.1, 0.15) is 17.8 Å². The number of nitrogens with zero attached hydrogens (tertiary/aromatic N) is 3. The molecule has 1 rings (SSSR count). The molecule has 0 fully saturated rings. The summed E-state index contributed by atoms with van der Waals surface area (Å²) in [6.07, 6.45) is 8.24. The number of hydrogen-bond acceptors (Lipinski definition) is 4. The molecular formula is C10H12N4. The summed E-state index contributed by atoms with van der Waals surface area (Å²) in [7, 11) is 1.92. The molecule has 0 saturated heterocycles. The lowest BCUT2D eigenvalue weighted by Gasteiger charge is -1.93. The van der Waals surface area contributed by atoms with E-state index in [0.717, 1.165) is 18.5 Å². The molecule has 0 aliphatic heterocycles. The van der Waals surface area contributed by atoms with E-state index in [1.54, 1.807) is 12.4 Å². The van der Waals surface area contributed by atoms with Gasteiger partial charge >= 0.3 is 0 Å². The molecule has 1 heterocycles. The Balaban J connectivity index is 2.52.